The van der Waals surface area contributed by atoms with E-state index < -0.39 is 29.7 Å². The first-order valence-corrected chi connectivity index (χ1v) is 10.1. The molecule has 2 unspecified atom stereocenters. The van der Waals surface area contributed by atoms with Crippen molar-refractivity contribution in [1.29, 1.82) is 0 Å². The number of fused-ring (bicyclic) bond motifs is 1. The standard InChI is InChI=1S/C22H20ClN3O5/c1-4-31-22(29)18-17-19(26(24-18)15-9-5-6-11-16(15)30-3)21(28)25(20(17)27)14-10-7-8-13(23)12(14)2/h5-11,17,19H,4H2,1-3H3. The molecule has 1 fully saturated rings. The number of anilines is 2. The van der Waals surface area contributed by atoms with E-state index in [1.165, 1.54) is 12.1 Å². The molecular formula is C22H20ClN3O5. The number of hydrazone groups is 1. The van der Waals surface area contributed by atoms with Gasteiger partial charge in [0, 0.05) is 5.02 Å². The highest BCUT2D eigenvalue weighted by Crippen LogP contribution is 2.42. The topological polar surface area (TPSA) is 88.5 Å². The summed E-state index contributed by atoms with van der Waals surface area (Å²) in [7, 11) is 1.49. The smallest absolute Gasteiger partial charge is 0.355 e. The molecule has 2 aliphatic rings. The molecule has 0 bridgehead atoms. The molecule has 0 aromatic heterocycles. The molecule has 8 nitrogen and oxygen atoms in total. The molecule has 31 heavy (non-hydrogen) atoms. The van der Waals surface area contributed by atoms with Crippen LogP contribution in [0.1, 0.15) is 12.5 Å². The quantitative estimate of drug-likeness (QED) is 0.523. The minimum atomic E-state index is -1.10. The number of esters is 1. The highest BCUT2D eigenvalue weighted by Gasteiger charge is 2.59. The highest BCUT2D eigenvalue weighted by atomic mass is 35.5. The van der Waals surface area contributed by atoms with Crippen molar-refractivity contribution in [3.05, 3.63) is 53.1 Å². The van der Waals surface area contributed by atoms with E-state index in [9.17, 15) is 14.4 Å². The monoisotopic (exact) mass is 441 g/mol. The van der Waals surface area contributed by atoms with Crippen LogP contribution >= 0.6 is 11.6 Å². The number of halogens is 1. The van der Waals surface area contributed by atoms with Crippen molar-refractivity contribution in [2.45, 2.75) is 19.9 Å². The third-order valence-corrected chi connectivity index (χ3v) is 5.76. The number of ether oxygens (including phenoxy) is 2. The van der Waals surface area contributed by atoms with Gasteiger partial charge in [-0.25, -0.2) is 14.7 Å². The van der Waals surface area contributed by atoms with Crippen molar-refractivity contribution in [2.24, 2.45) is 11.0 Å². The molecule has 0 radical (unpaired) electrons. The van der Waals surface area contributed by atoms with Crippen molar-refractivity contribution in [1.82, 2.24) is 0 Å². The molecule has 2 heterocycles. The molecule has 0 saturated carbocycles. The van der Waals surface area contributed by atoms with Gasteiger partial charge < -0.3 is 9.47 Å². The summed E-state index contributed by atoms with van der Waals surface area (Å²) in [4.78, 5) is 40.7. The van der Waals surface area contributed by atoms with Crippen molar-refractivity contribution >= 4 is 46.5 Å². The first-order valence-electron chi connectivity index (χ1n) is 9.71. The molecule has 2 atom stereocenters. The lowest BCUT2D eigenvalue weighted by Crippen LogP contribution is -2.39. The summed E-state index contributed by atoms with van der Waals surface area (Å²) in [6, 6.07) is 10.9. The van der Waals surface area contributed by atoms with Gasteiger partial charge in [0.25, 0.3) is 5.91 Å². The van der Waals surface area contributed by atoms with E-state index in [-0.39, 0.29) is 12.3 Å². The minimum absolute atomic E-state index is 0.113. The Labute approximate surface area is 184 Å². The second-order valence-corrected chi connectivity index (χ2v) is 7.45. The van der Waals surface area contributed by atoms with Crippen LogP contribution in [0.15, 0.2) is 47.6 Å². The van der Waals surface area contributed by atoms with Crippen LogP contribution in [0.3, 0.4) is 0 Å². The molecule has 2 aliphatic heterocycles. The number of hydrogen-bond donors (Lipinski definition) is 0. The molecule has 9 heteroatoms. The number of para-hydroxylation sites is 2. The maximum Gasteiger partial charge on any atom is 0.355 e. The van der Waals surface area contributed by atoms with E-state index in [0.29, 0.717) is 27.7 Å². The minimum Gasteiger partial charge on any atom is -0.495 e. The summed E-state index contributed by atoms with van der Waals surface area (Å²) >= 11 is 6.22. The predicted molar refractivity (Wildman–Crippen MR) is 116 cm³/mol. The molecule has 4 rings (SSSR count). The lowest BCUT2D eigenvalue weighted by Gasteiger charge is -2.24. The Morgan fingerprint density at radius 3 is 2.52 bits per heavy atom. The van der Waals surface area contributed by atoms with Crippen LogP contribution < -0.4 is 14.6 Å². The van der Waals surface area contributed by atoms with Crippen LogP contribution in [0.2, 0.25) is 5.02 Å². The molecule has 2 aromatic carbocycles. The first-order chi connectivity index (χ1) is 14.9. The Kier molecular flexibility index (Phi) is 5.41. The van der Waals surface area contributed by atoms with Gasteiger partial charge in [0.15, 0.2) is 5.71 Å². The van der Waals surface area contributed by atoms with Crippen molar-refractivity contribution < 1.29 is 23.9 Å². The third-order valence-electron chi connectivity index (χ3n) is 5.35. The normalized spacial score (nSPS) is 20.1. The second-order valence-electron chi connectivity index (χ2n) is 7.04. The number of amides is 2. The molecule has 2 amide bonds. The predicted octanol–water partition coefficient (Wildman–Crippen LogP) is 2.95. The molecule has 0 spiro atoms. The maximum atomic E-state index is 13.5. The van der Waals surface area contributed by atoms with Gasteiger partial charge in [-0.1, -0.05) is 29.8 Å². The zero-order chi connectivity index (χ0) is 22.3. The molecular weight excluding hydrogens is 422 g/mol. The van der Waals surface area contributed by atoms with Gasteiger partial charge >= 0.3 is 5.97 Å². The number of methoxy groups -OCH3 is 1. The van der Waals surface area contributed by atoms with E-state index >= 15 is 0 Å². The molecule has 160 valence electrons. The lowest BCUT2D eigenvalue weighted by atomic mass is 9.97. The zero-order valence-electron chi connectivity index (χ0n) is 17.2. The number of nitrogens with zero attached hydrogens (tertiary/aromatic N) is 3. The fraction of sp³-hybridized carbons (Fsp3) is 0.273. The van der Waals surface area contributed by atoms with E-state index in [2.05, 4.69) is 5.10 Å². The Balaban J connectivity index is 1.85. The van der Waals surface area contributed by atoms with Crippen LogP contribution in [0.5, 0.6) is 5.75 Å². The fourth-order valence-electron chi connectivity index (χ4n) is 3.88. The Morgan fingerprint density at radius 1 is 1.10 bits per heavy atom. The average molecular weight is 442 g/mol. The van der Waals surface area contributed by atoms with E-state index in [4.69, 9.17) is 21.1 Å². The number of benzene rings is 2. The summed E-state index contributed by atoms with van der Waals surface area (Å²) < 4.78 is 10.5. The average Bonchev–Trinajstić information content (AvgIpc) is 3.27. The van der Waals surface area contributed by atoms with E-state index in [1.54, 1.807) is 56.3 Å². The van der Waals surface area contributed by atoms with Crippen LogP contribution in [-0.2, 0) is 19.1 Å². The summed E-state index contributed by atoms with van der Waals surface area (Å²) in [5.41, 5.74) is 1.31. The molecule has 2 aromatic rings. The Bertz CT molecular complexity index is 1120. The number of imide groups is 1. The number of carbonyl (C=O) groups excluding carboxylic acids is 3. The van der Waals surface area contributed by atoms with Crippen LogP contribution in [0, 0.1) is 12.8 Å². The van der Waals surface area contributed by atoms with Crippen molar-refractivity contribution in [3.63, 3.8) is 0 Å². The van der Waals surface area contributed by atoms with Crippen LogP contribution in [0.4, 0.5) is 11.4 Å². The summed E-state index contributed by atoms with van der Waals surface area (Å²) in [6.45, 7) is 3.50. The van der Waals surface area contributed by atoms with E-state index in [0.717, 1.165) is 4.90 Å². The Morgan fingerprint density at radius 2 is 1.81 bits per heavy atom. The van der Waals surface area contributed by atoms with Crippen LogP contribution in [-0.4, -0.2) is 43.3 Å². The van der Waals surface area contributed by atoms with Crippen molar-refractivity contribution in [3.8, 4) is 5.75 Å². The molecule has 0 N–H and O–H groups in total. The van der Waals surface area contributed by atoms with Crippen LogP contribution in [0.25, 0.3) is 0 Å². The summed E-state index contributed by atoms with van der Waals surface area (Å²) in [6.07, 6.45) is 0. The number of hydrogen-bond acceptors (Lipinski definition) is 7. The molecule has 1 saturated heterocycles. The lowest BCUT2D eigenvalue weighted by molar-refractivity contribution is -0.136. The van der Waals surface area contributed by atoms with Gasteiger partial charge in [0.1, 0.15) is 23.4 Å². The van der Waals surface area contributed by atoms with Gasteiger partial charge in [0.05, 0.1) is 19.4 Å². The van der Waals surface area contributed by atoms with Gasteiger partial charge in [-0.2, -0.15) is 5.10 Å². The number of rotatable bonds is 5. The second kappa shape index (κ2) is 8.03. The van der Waals surface area contributed by atoms with Gasteiger partial charge in [0.2, 0.25) is 5.91 Å². The highest BCUT2D eigenvalue weighted by molar-refractivity contribution is 6.47. The Hall–Kier alpha value is -3.39. The SMILES string of the molecule is CCOC(=O)C1=NN(c2ccccc2OC)C2C(=O)N(c3cccc(Cl)c3C)C(=O)C12. The molecule has 0 aliphatic carbocycles. The summed E-state index contributed by atoms with van der Waals surface area (Å²) in [5, 5.41) is 6.14. The van der Waals surface area contributed by atoms with Gasteiger partial charge in [-0.15, -0.1) is 0 Å². The largest absolute Gasteiger partial charge is 0.495 e. The number of carbonyl (C=O) groups is 3. The fourth-order valence-corrected chi connectivity index (χ4v) is 4.05. The van der Waals surface area contributed by atoms with Gasteiger partial charge in [-0.05, 0) is 43.7 Å². The van der Waals surface area contributed by atoms with Gasteiger partial charge in [-0.3, -0.25) is 9.59 Å². The zero-order valence-corrected chi connectivity index (χ0v) is 17.9. The third kappa shape index (κ3) is 3.23. The van der Waals surface area contributed by atoms with E-state index in [1.807, 2.05) is 0 Å². The summed E-state index contributed by atoms with van der Waals surface area (Å²) in [5.74, 6) is -2.44. The van der Waals surface area contributed by atoms with Crippen molar-refractivity contribution in [2.75, 3.05) is 23.6 Å². The maximum absolute atomic E-state index is 13.5. The first kappa shape index (κ1) is 20.9.